The molecule has 1 saturated heterocycles. The van der Waals surface area contributed by atoms with Gasteiger partial charge in [0.1, 0.15) is 18.5 Å². The van der Waals surface area contributed by atoms with E-state index >= 15 is 0 Å². The van der Waals surface area contributed by atoms with Crippen LogP contribution in [0.2, 0.25) is 0 Å². The number of amides is 4. The Bertz CT molecular complexity index is 1060. The number of methoxy groups -OCH3 is 1. The summed E-state index contributed by atoms with van der Waals surface area (Å²) in [5.41, 5.74) is 2.68. The van der Waals surface area contributed by atoms with Gasteiger partial charge < -0.3 is 25.0 Å². The van der Waals surface area contributed by atoms with Gasteiger partial charge in [-0.15, -0.1) is 6.42 Å². The highest BCUT2D eigenvalue weighted by Crippen LogP contribution is 2.25. The van der Waals surface area contributed by atoms with Crippen LogP contribution in [-0.4, -0.2) is 62.3 Å². The number of anilines is 3. The van der Waals surface area contributed by atoms with Crippen LogP contribution in [0.25, 0.3) is 0 Å². The summed E-state index contributed by atoms with van der Waals surface area (Å²) in [6.45, 7) is 2.81. The molecule has 1 aliphatic heterocycles. The number of aromatic nitrogens is 1. The SMILES string of the molecule is C#Cc1ccc(NC(=O)NC(COC)C(=O)Nc2ccc(N3CCOCC3=O)c(C)c2)nc1. The molecular formula is C23H25N5O5. The predicted octanol–water partition coefficient (Wildman–Crippen LogP) is 1.51. The molecule has 0 saturated carbocycles. The van der Waals surface area contributed by atoms with Crippen molar-refractivity contribution >= 4 is 35.0 Å². The molecule has 33 heavy (non-hydrogen) atoms. The van der Waals surface area contributed by atoms with Gasteiger partial charge in [0.25, 0.3) is 5.91 Å². The molecule has 1 unspecified atom stereocenters. The standard InChI is InChI=1S/C23H25N5O5/c1-4-16-5-8-20(24-12-16)27-23(31)26-18(13-32-3)22(30)25-17-6-7-19(15(2)11-17)28-9-10-33-14-21(28)29/h1,5-8,11-12,18H,9-10,13-14H2,2-3H3,(H,25,30)(H2,24,26,27,31). The highest BCUT2D eigenvalue weighted by atomic mass is 16.5. The summed E-state index contributed by atoms with van der Waals surface area (Å²) >= 11 is 0. The van der Waals surface area contributed by atoms with Gasteiger partial charge in [0.2, 0.25) is 5.91 Å². The van der Waals surface area contributed by atoms with E-state index in [0.717, 1.165) is 11.3 Å². The minimum atomic E-state index is -0.958. The fourth-order valence-electron chi connectivity index (χ4n) is 3.25. The normalized spacial score (nSPS) is 14.2. The Balaban J connectivity index is 1.63. The second kappa shape index (κ2) is 11.1. The quantitative estimate of drug-likeness (QED) is 0.549. The highest BCUT2D eigenvalue weighted by Gasteiger charge is 2.23. The average molecular weight is 451 g/mol. The first kappa shape index (κ1) is 23.7. The molecule has 1 fully saturated rings. The molecule has 3 N–H and O–H groups in total. The molecular weight excluding hydrogens is 426 g/mol. The molecule has 4 amide bonds. The fraction of sp³-hybridized carbons (Fsp3) is 0.304. The number of carbonyl (C=O) groups excluding carboxylic acids is 3. The zero-order valence-electron chi connectivity index (χ0n) is 18.4. The number of hydrogen-bond donors (Lipinski definition) is 3. The van der Waals surface area contributed by atoms with E-state index in [0.29, 0.717) is 24.4 Å². The van der Waals surface area contributed by atoms with Gasteiger partial charge in [-0.25, -0.2) is 9.78 Å². The number of pyridine rings is 1. The third-order valence-corrected chi connectivity index (χ3v) is 4.87. The maximum atomic E-state index is 12.8. The summed E-state index contributed by atoms with van der Waals surface area (Å²) in [6.07, 6.45) is 6.74. The topological polar surface area (TPSA) is 122 Å². The molecule has 10 heteroatoms. The Kier molecular flexibility index (Phi) is 7.96. The number of ether oxygens (including phenoxy) is 2. The Morgan fingerprint density at radius 3 is 2.76 bits per heavy atom. The van der Waals surface area contributed by atoms with Crippen LogP contribution >= 0.6 is 0 Å². The largest absolute Gasteiger partial charge is 0.382 e. The van der Waals surface area contributed by atoms with Crippen LogP contribution in [0.3, 0.4) is 0 Å². The number of rotatable bonds is 7. The van der Waals surface area contributed by atoms with E-state index in [2.05, 4.69) is 26.9 Å². The van der Waals surface area contributed by atoms with E-state index in [9.17, 15) is 14.4 Å². The first-order valence-electron chi connectivity index (χ1n) is 10.2. The van der Waals surface area contributed by atoms with E-state index in [4.69, 9.17) is 15.9 Å². The van der Waals surface area contributed by atoms with Gasteiger partial charge in [0.05, 0.1) is 13.2 Å². The summed E-state index contributed by atoms with van der Waals surface area (Å²) in [5.74, 6) is 2.15. The van der Waals surface area contributed by atoms with E-state index in [1.54, 1.807) is 35.2 Å². The molecule has 1 aromatic heterocycles. The molecule has 0 radical (unpaired) electrons. The third-order valence-electron chi connectivity index (χ3n) is 4.87. The summed E-state index contributed by atoms with van der Waals surface area (Å²) in [6, 6.07) is 6.85. The molecule has 10 nitrogen and oxygen atoms in total. The molecule has 0 bridgehead atoms. The Morgan fingerprint density at radius 2 is 2.12 bits per heavy atom. The van der Waals surface area contributed by atoms with Crippen molar-refractivity contribution in [3.63, 3.8) is 0 Å². The van der Waals surface area contributed by atoms with Gasteiger partial charge in [0, 0.05) is 36.8 Å². The van der Waals surface area contributed by atoms with Crippen LogP contribution in [0.15, 0.2) is 36.5 Å². The fourth-order valence-corrected chi connectivity index (χ4v) is 3.25. The van der Waals surface area contributed by atoms with Gasteiger partial charge in [-0.3, -0.25) is 14.9 Å². The van der Waals surface area contributed by atoms with Gasteiger partial charge in [0.15, 0.2) is 0 Å². The van der Waals surface area contributed by atoms with Crippen molar-refractivity contribution in [2.45, 2.75) is 13.0 Å². The molecule has 0 spiro atoms. The molecule has 2 heterocycles. The van der Waals surface area contributed by atoms with Crippen molar-refractivity contribution in [1.82, 2.24) is 10.3 Å². The Hall–Kier alpha value is -3.94. The van der Waals surface area contributed by atoms with Crippen LogP contribution in [0, 0.1) is 19.3 Å². The summed E-state index contributed by atoms with van der Waals surface area (Å²) in [7, 11) is 1.43. The lowest BCUT2D eigenvalue weighted by atomic mass is 10.1. The van der Waals surface area contributed by atoms with Crippen LogP contribution in [0.1, 0.15) is 11.1 Å². The molecule has 3 rings (SSSR count). The lowest BCUT2D eigenvalue weighted by Gasteiger charge is -2.28. The van der Waals surface area contributed by atoms with Crippen molar-refractivity contribution in [3.8, 4) is 12.3 Å². The van der Waals surface area contributed by atoms with E-state index in [-0.39, 0.29) is 24.9 Å². The maximum absolute atomic E-state index is 12.8. The maximum Gasteiger partial charge on any atom is 0.321 e. The number of hydrogen-bond acceptors (Lipinski definition) is 6. The lowest BCUT2D eigenvalue weighted by Crippen LogP contribution is -2.48. The first-order valence-corrected chi connectivity index (χ1v) is 10.2. The number of morpholine rings is 1. The first-order chi connectivity index (χ1) is 15.9. The van der Waals surface area contributed by atoms with Crippen LogP contribution in [-0.2, 0) is 19.1 Å². The Labute approximate surface area is 191 Å². The monoisotopic (exact) mass is 451 g/mol. The number of benzene rings is 1. The molecule has 1 aromatic carbocycles. The van der Waals surface area contributed by atoms with E-state index < -0.39 is 18.0 Å². The molecule has 1 atom stereocenters. The lowest BCUT2D eigenvalue weighted by molar-refractivity contribution is -0.125. The molecule has 2 aromatic rings. The minimum Gasteiger partial charge on any atom is -0.382 e. The van der Waals surface area contributed by atoms with Crippen molar-refractivity contribution in [2.75, 3.05) is 49.0 Å². The van der Waals surface area contributed by atoms with Gasteiger partial charge in [-0.05, 0) is 42.8 Å². The van der Waals surface area contributed by atoms with Crippen molar-refractivity contribution in [2.24, 2.45) is 0 Å². The minimum absolute atomic E-state index is 0.0396. The van der Waals surface area contributed by atoms with Crippen molar-refractivity contribution in [3.05, 3.63) is 47.7 Å². The molecule has 1 aliphatic rings. The van der Waals surface area contributed by atoms with E-state index in [1.165, 1.54) is 13.3 Å². The summed E-state index contributed by atoms with van der Waals surface area (Å²) < 4.78 is 10.2. The Morgan fingerprint density at radius 1 is 1.30 bits per heavy atom. The smallest absolute Gasteiger partial charge is 0.321 e. The van der Waals surface area contributed by atoms with Crippen molar-refractivity contribution < 1.29 is 23.9 Å². The summed E-state index contributed by atoms with van der Waals surface area (Å²) in [5, 5.41) is 7.88. The third kappa shape index (κ3) is 6.29. The number of carbonyl (C=O) groups is 3. The van der Waals surface area contributed by atoms with Gasteiger partial charge in [-0.2, -0.15) is 0 Å². The van der Waals surface area contributed by atoms with Crippen LogP contribution in [0.5, 0.6) is 0 Å². The number of nitrogens with one attached hydrogen (secondary N) is 3. The van der Waals surface area contributed by atoms with Crippen LogP contribution < -0.4 is 20.9 Å². The van der Waals surface area contributed by atoms with E-state index in [1.807, 2.05) is 6.92 Å². The zero-order valence-corrected chi connectivity index (χ0v) is 18.4. The molecule has 172 valence electrons. The second-order valence-electron chi connectivity index (χ2n) is 7.27. The van der Waals surface area contributed by atoms with Crippen LogP contribution in [0.4, 0.5) is 22.0 Å². The van der Waals surface area contributed by atoms with Crippen molar-refractivity contribution in [1.29, 1.82) is 0 Å². The number of nitrogens with zero attached hydrogens (tertiary/aromatic N) is 2. The second-order valence-corrected chi connectivity index (χ2v) is 7.27. The molecule has 0 aliphatic carbocycles. The van der Waals surface area contributed by atoms with Gasteiger partial charge in [-0.1, -0.05) is 5.92 Å². The predicted molar refractivity (Wildman–Crippen MR) is 123 cm³/mol. The summed E-state index contributed by atoms with van der Waals surface area (Å²) in [4.78, 5) is 42.9. The zero-order chi connectivity index (χ0) is 23.8. The average Bonchev–Trinajstić information content (AvgIpc) is 2.80. The number of terminal acetylenes is 1. The number of aryl methyl sites for hydroxylation is 1. The van der Waals surface area contributed by atoms with Gasteiger partial charge >= 0.3 is 6.03 Å². The number of urea groups is 1. The highest BCUT2D eigenvalue weighted by molar-refractivity contribution is 6.00.